The molecule has 0 aliphatic carbocycles. The van der Waals surface area contributed by atoms with Crippen molar-refractivity contribution in [1.29, 1.82) is 0 Å². The van der Waals surface area contributed by atoms with Gasteiger partial charge in [0.15, 0.2) is 0 Å². The third-order valence-electron chi connectivity index (χ3n) is 6.33. The Bertz CT molecular complexity index is 1230. The van der Waals surface area contributed by atoms with Crippen molar-refractivity contribution in [3.63, 3.8) is 0 Å². The van der Waals surface area contributed by atoms with E-state index in [-0.39, 0.29) is 11.6 Å². The lowest BCUT2D eigenvalue weighted by atomic mass is 9.86. The monoisotopic (exact) mass is 472 g/mol. The van der Waals surface area contributed by atoms with Crippen LogP contribution in [0.2, 0.25) is 0 Å². The van der Waals surface area contributed by atoms with Gasteiger partial charge in [0.2, 0.25) is 0 Å². The highest BCUT2D eigenvalue weighted by Gasteiger charge is 2.20. The van der Waals surface area contributed by atoms with Gasteiger partial charge in [-0.25, -0.2) is 4.39 Å². The first kappa shape index (κ1) is 26.1. The molecular formula is C31H37FN2O. The first-order chi connectivity index (χ1) is 16.6. The maximum absolute atomic E-state index is 14.9. The van der Waals surface area contributed by atoms with Crippen LogP contribution < -0.4 is 10.6 Å². The topological polar surface area (TPSA) is 44.3 Å². The van der Waals surface area contributed by atoms with Crippen molar-refractivity contribution in [2.75, 3.05) is 23.7 Å². The Morgan fingerprint density at radius 3 is 1.86 bits per heavy atom. The second-order valence-corrected chi connectivity index (χ2v) is 9.57. The summed E-state index contributed by atoms with van der Waals surface area (Å²) in [6.45, 7) is 15.5. The summed E-state index contributed by atoms with van der Waals surface area (Å²) in [5, 5.41) is 17.7. The molecule has 0 unspecified atom stereocenters. The number of rotatable bonds is 8. The van der Waals surface area contributed by atoms with Crippen LogP contribution in [-0.2, 0) is 0 Å². The largest absolute Gasteiger partial charge is 0.507 e. The number of phenolic OH excluding ortho intramolecular Hbond substituents is 1. The summed E-state index contributed by atoms with van der Waals surface area (Å²) in [6, 6.07) is 13.4. The van der Waals surface area contributed by atoms with Gasteiger partial charge >= 0.3 is 0 Å². The standard InChI is InChI=1S/C31H37FN2O/c1-19(2)14-16-33-26-11-8-24(9-12-26)29-21(5)22(6)30(31(35)23(29)7)25-10-13-28(27(32)18-25)34-17-15-20(3)4/h8-15,18,33-35H,16-17H2,1-7H3. The number of allylic oxidation sites excluding steroid dienone is 2. The Labute approximate surface area is 209 Å². The molecule has 3 rings (SSSR count). The molecule has 0 atom stereocenters. The van der Waals surface area contributed by atoms with Gasteiger partial charge in [0.05, 0.1) is 5.69 Å². The molecular weight excluding hydrogens is 435 g/mol. The Kier molecular flexibility index (Phi) is 8.39. The highest BCUT2D eigenvalue weighted by atomic mass is 19.1. The number of hydrogen-bond acceptors (Lipinski definition) is 3. The quantitative estimate of drug-likeness (QED) is 0.288. The predicted molar refractivity (Wildman–Crippen MR) is 149 cm³/mol. The molecule has 35 heavy (non-hydrogen) atoms. The first-order valence-corrected chi connectivity index (χ1v) is 12.1. The molecule has 3 aromatic rings. The van der Waals surface area contributed by atoms with Gasteiger partial charge in [-0.1, -0.05) is 41.5 Å². The van der Waals surface area contributed by atoms with Crippen molar-refractivity contribution >= 4 is 11.4 Å². The van der Waals surface area contributed by atoms with Crippen LogP contribution in [0.3, 0.4) is 0 Å². The number of anilines is 2. The van der Waals surface area contributed by atoms with Crippen LogP contribution in [0.15, 0.2) is 65.8 Å². The Hall–Kier alpha value is -3.53. The van der Waals surface area contributed by atoms with E-state index in [0.717, 1.165) is 40.0 Å². The van der Waals surface area contributed by atoms with E-state index in [9.17, 15) is 9.50 Å². The third kappa shape index (κ3) is 6.13. The van der Waals surface area contributed by atoms with Gasteiger partial charge in [-0.2, -0.15) is 0 Å². The second-order valence-electron chi connectivity index (χ2n) is 9.57. The lowest BCUT2D eigenvalue weighted by molar-refractivity contribution is 0.473. The molecule has 0 heterocycles. The van der Waals surface area contributed by atoms with Crippen LogP contribution in [0.25, 0.3) is 22.3 Å². The molecule has 0 aliphatic rings. The summed E-state index contributed by atoms with van der Waals surface area (Å²) >= 11 is 0. The van der Waals surface area contributed by atoms with Crippen molar-refractivity contribution < 1.29 is 9.50 Å². The van der Waals surface area contributed by atoms with E-state index in [1.165, 1.54) is 17.2 Å². The lowest BCUT2D eigenvalue weighted by Crippen LogP contribution is -2.02. The van der Waals surface area contributed by atoms with E-state index in [4.69, 9.17) is 0 Å². The molecule has 0 saturated carbocycles. The Morgan fingerprint density at radius 1 is 0.743 bits per heavy atom. The summed E-state index contributed by atoms with van der Waals surface area (Å²) in [4.78, 5) is 0. The van der Waals surface area contributed by atoms with Gasteiger partial charge in [-0.05, 0) is 106 Å². The Balaban J connectivity index is 1.94. The average Bonchev–Trinajstić information content (AvgIpc) is 2.80. The minimum atomic E-state index is -0.334. The SMILES string of the molecule is CC(C)=CCNc1ccc(-c2c(C)c(C)c(-c3ccc(NCC=C(C)C)c(F)c3)c(O)c2C)cc1. The van der Waals surface area contributed by atoms with E-state index in [1.54, 1.807) is 6.07 Å². The molecule has 0 aromatic heterocycles. The van der Waals surface area contributed by atoms with Crippen molar-refractivity contribution in [3.05, 3.63) is 88.3 Å². The lowest BCUT2D eigenvalue weighted by Gasteiger charge is -2.20. The minimum absolute atomic E-state index is 0.193. The zero-order valence-electron chi connectivity index (χ0n) is 21.9. The number of benzene rings is 3. The fraction of sp³-hybridized carbons (Fsp3) is 0.290. The predicted octanol–water partition coefficient (Wildman–Crippen LogP) is 8.55. The zero-order valence-corrected chi connectivity index (χ0v) is 21.9. The van der Waals surface area contributed by atoms with Crippen molar-refractivity contribution in [2.45, 2.75) is 48.5 Å². The van der Waals surface area contributed by atoms with E-state index in [0.29, 0.717) is 23.4 Å². The second kappa shape index (κ2) is 11.3. The molecule has 4 heteroatoms. The molecule has 0 amide bonds. The molecule has 0 spiro atoms. The molecule has 3 N–H and O–H groups in total. The Morgan fingerprint density at radius 2 is 1.29 bits per heavy atom. The average molecular weight is 473 g/mol. The van der Waals surface area contributed by atoms with Gasteiger partial charge < -0.3 is 15.7 Å². The summed E-state index contributed by atoms with van der Waals surface area (Å²) in [7, 11) is 0. The van der Waals surface area contributed by atoms with Crippen molar-refractivity contribution in [2.24, 2.45) is 0 Å². The summed E-state index contributed by atoms with van der Waals surface area (Å²) in [5.74, 6) is -0.141. The molecule has 184 valence electrons. The van der Waals surface area contributed by atoms with Crippen molar-refractivity contribution in [1.82, 2.24) is 0 Å². The smallest absolute Gasteiger partial charge is 0.146 e. The third-order valence-corrected chi connectivity index (χ3v) is 6.33. The van der Waals surface area contributed by atoms with Crippen LogP contribution in [0, 0.1) is 26.6 Å². The highest BCUT2D eigenvalue weighted by Crippen LogP contribution is 2.43. The minimum Gasteiger partial charge on any atom is -0.507 e. The van der Waals surface area contributed by atoms with Crippen molar-refractivity contribution in [3.8, 4) is 28.0 Å². The molecule has 0 fully saturated rings. The van der Waals surface area contributed by atoms with Gasteiger partial charge in [0, 0.05) is 24.3 Å². The summed E-state index contributed by atoms with van der Waals surface area (Å²) in [5.41, 5.74) is 10.2. The number of halogens is 1. The van der Waals surface area contributed by atoms with E-state index < -0.39 is 0 Å². The fourth-order valence-corrected chi connectivity index (χ4v) is 4.23. The maximum Gasteiger partial charge on any atom is 0.146 e. The van der Waals surface area contributed by atoms with Crippen LogP contribution in [0.1, 0.15) is 44.4 Å². The normalized spacial score (nSPS) is 10.6. The van der Waals surface area contributed by atoms with E-state index in [2.05, 4.69) is 61.7 Å². The van der Waals surface area contributed by atoms with Gasteiger partial charge in [-0.15, -0.1) is 0 Å². The van der Waals surface area contributed by atoms with E-state index >= 15 is 0 Å². The van der Waals surface area contributed by atoms with Crippen LogP contribution in [0.4, 0.5) is 15.8 Å². The fourth-order valence-electron chi connectivity index (χ4n) is 4.23. The van der Waals surface area contributed by atoms with Gasteiger partial charge in [-0.3, -0.25) is 0 Å². The highest BCUT2D eigenvalue weighted by molar-refractivity contribution is 5.85. The number of hydrogen-bond donors (Lipinski definition) is 3. The molecule has 0 aliphatic heterocycles. The molecule has 3 nitrogen and oxygen atoms in total. The molecule has 3 aromatic carbocycles. The number of phenols is 1. The first-order valence-electron chi connectivity index (χ1n) is 12.1. The van der Waals surface area contributed by atoms with Crippen LogP contribution in [-0.4, -0.2) is 18.2 Å². The molecule has 0 bridgehead atoms. The maximum atomic E-state index is 14.9. The van der Waals surface area contributed by atoms with Crippen LogP contribution in [0.5, 0.6) is 5.75 Å². The molecule has 0 saturated heterocycles. The molecule has 0 radical (unpaired) electrons. The van der Waals surface area contributed by atoms with Gasteiger partial charge in [0.1, 0.15) is 11.6 Å². The van der Waals surface area contributed by atoms with Gasteiger partial charge in [0.25, 0.3) is 0 Å². The summed E-state index contributed by atoms with van der Waals surface area (Å²) in [6.07, 6.45) is 4.16. The van der Waals surface area contributed by atoms with E-state index in [1.807, 2.05) is 39.8 Å². The number of aromatic hydroxyl groups is 1. The summed E-state index contributed by atoms with van der Waals surface area (Å²) < 4.78 is 14.9. The zero-order chi connectivity index (χ0) is 25.7. The number of nitrogens with one attached hydrogen (secondary N) is 2. The van der Waals surface area contributed by atoms with Crippen LogP contribution >= 0.6 is 0 Å².